The van der Waals surface area contributed by atoms with E-state index in [1.54, 1.807) is 0 Å². The molecule has 1 heterocycles. The Hall–Kier alpha value is -1.13. The van der Waals surface area contributed by atoms with Gasteiger partial charge in [0.05, 0.1) is 0 Å². The Morgan fingerprint density at radius 1 is 1.24 bits per heavy atom. The summed E-state index contributed by atoms with van der Waals surface area (Å²) in [5.41, 5.74) is 2.62. The van der Waals surface area contributed by atoms with Crippen molar-refractivity contribution in [3.63, 3.8) is 0 Å². The van der Waals surface area contributed by atoms with Crippen LogP contribution in [0.3, 0.4) is 0 Å². The predicted molar refractivity (Wildman–Crippen MR) is 91.8 cm³/mol. The molecule has 4 nitrogen and oxygen atoms in total. The Kier molecular flexibility index (Phi) is 8.31. The molecule has 0 radical (unpaired) electrons. The molecule has 0 saturated carbocycles. The van der Waals surface area contributed by atoms with Crippen LogP contribution < -0.4 is 10.2 Å². The molecular weight excluding hydrogens is 260 g/mol. The van der Waals surface area contributed by atoms with Crippen LogP contribution in [-0.4, -0.2) is 50.2 Å². The zero-order chi connectivity index (χ0) is 15.7. The number of nitrogens with one attached hydrogen (secondary N) is 1. The first-order valence-corrected chi connectivity index (χ1v) is 8.07. The predicted octanol–water partition coefficient (Wildman–Crippen LogP) is 2.61. The molecular formula is C17H32N4. The molecule has 0 bridgehead atoms. The van der Waals surface area contributed by atoms with E-state index in [9.17, 15) is 0 Å². The number of nitrogens with zero attached hydrogens (tertiary/aromatic N) is 3. The summed E-state index contributed by atoms with van der Waals surface area (Å²) in [5, 5.41) is 3.52. The van der Waals surface area contributed by atoms with Gasteiger partial charge in [-0.1, -0.05) is 13.8 Å². The van der Waals surface area contributed by atoms with Gasteiger partial charge in [0, 0.05) is 43.3 Å². The minimum Gasteiger partial charge on any atom is -0.371 e. The second-order valence-corrected chi connectivity index (χ2v) is 6.27. The van der Waals surface area contributed by atoms with Crippen LogP contribution in [0.1, 0.15) is 32.8 Å². The summed E-state index contributed by atoms with van der Waals surface area (Å²) in [6.45, 7) is 11.9. The van der Waals surface area contributed by atoms with Crippen molar-refractivity contribution in [2.24, 2.45) is 5.92 Å². The van der Waals surface area contributed by atoms with E-state index in [4.69, 9.17) is 0 Å². The van der Waals surface area contributed by atoms with Gasteiger partial charge in [0.25, 0.3) is 0 Å². The first kappa shape index (κ1) is 17.9. The summed E-state index contributed by atoms with van der Waals surface area (Å²) in [4.78, 5) is 8.99. The molecule has 1 N–H and O–H groups in total. The Balaban J connectivity index is 2.65. The quantitative estimate of drug-likeness (QED) is 0.718. The smallest absolute Gasteiger partial charge is 0.0442 e. The average molecular weight is 292 g/mol. The lowest BCUT2D eigenvalue weighted by Gasteiger charge is -2.26. The van der Waals surface area contributed by atoms with Crippen LogP contribution in [0.5, 0.6) is 0 Å². The molecule has 0 aliphatic rings. The molecule has 0 aromatic carbocycles. The van der Waals surface area contributed by atoms with E-state index in [-0.39, 0.29) is 0 Å². The summed E-state index contributed by atoms with van der Waals surface area (Å²) >= 11 is 0. The van der Waals surface area contributed by atoms with Crippen LogP contribution >= 0.6 is 0 Å². The Morgan fingerprint density at radius 2 is 2.00 bits per heavy atom. The SMILES string of the molecule is CCN(CCCN(C)C)c1ccncc1CNCC(C)C. The van der Waals surface area contributed by atoms with Gasteiger partial charge in [-0.2, -0.15) is 0 Å². The van der Waals surface area contributed by atoms with Gasteiger partial charge >= 0.3 is 0 Å². The fraction of sp³-hybridized carbons (Fsp3) is 0.706. The third-order valence-electron chi connectivity index (χ3n) is 3.50. The van der Waals surface area contributed by atoms with Crippen LogP contribution in [-0.2, 0) is 6.54 Å². The van der Waals surface area contributed by atoms with Crippen molar-refractivity contribution in [1.82, 2.24) is 15.2 Å². The van der Waals surface area contributed by atoms with Gasteiger partial charge in [-0.15, -0.1) is 0 Å². The lowest BCUT2D eigenvalue weighted by atomic mass is 10.1. The van der Waals surface area contributed by atoms with E-state index < -0.39 is 0 Å². The molecule has 1 rings (SSSR count). The first-order valence-electron chi connectivity index (χ1n) is 8.07. The molecule has 21 heavy (non-hydrogen) atoms. The van der Waals surface area contributed by atoms with E-state index >= 15 is 0 Å². The standard InChI is InChI=1S/C17H32N4/c1-6-21(11-7-10-20(4)5)17-8-9-18-13-16(17)14-19-12-15(2)3/h8-9,13,15,19H,6-7,10-12,14H2,1-5H3. The second-order valence-electron chi connectivity index (χ2n) is 6.27. The van der Waals surface area contributed by atoms with Crippen molar-refractivity contribution in [2.75, 3.05) is 45.2 Å². The average Bonchev–Trinajstić information content (AvgIpc) is 2.44. The normalized spacial score (nSPS) is 11.4. The van der Waals surface area contributed by atoms with Crippen LogP contribution in [0.15, 0.2) is 18.5 Å². The minimum atomic E-state index is 0.674. The number of hydrogen-bond acceptors (Lipinski definition) is 4. The van der Waals surface area contributed by atoms with E-state index in [1.165, 1.54) is 17.7 Å². The Morgan fingerprint density at radius 3 is 2.62 bits per heavy atom. The highest BCUT2D eigenvalue weighted by Crippen LogP contribution is 2.19. The number of rotatable bonds is 10. The van der Waals surface area contributed by atoms with Gasteiger partial charge in [-0.25, -0.2) is 0 Å². The fourth-order valence-electron chi connectivity index (χ4n) is 2.39. The third kappa shape index (κ3) is 6.91. The minimum absolute atomic E-state index is 0.674. The molecule has 0 unspecified atom stereocenters. The third-order valence-corrected chi connectivity index (χ3v) is 3.50. The van der Waals surface area contributed by atoms with Crippen LogP contribution in [0.2, 0.25) is 0 Å². The summed E-state index contributed by atoms with van der Waals surface area (Å²) < 4.78 is 0. The molecule has 0 atom stereocenters. The molecule has 0 amide bonds. The Labute approximate surface area is 130 Å². The van der Waals surface area contributed by atoms with Crippen molar-refractivity contribution in [1.29, 1.82) is 0 Å². The number of hydrogen-bond donors (Lipinski definition) is 1. The molecule has 0 aliphatic carbocycles. The highest BCUT2D eigenvalue weighted by Gasteiger charge is 2.09. The summed E-state index contributed by atoms with van der Waals surface area (Å²) in [6.07, 6.45) is 5.08. The van der Waals surface area contributed by atoms with Crippen LogP contribution in [0.25, 0.3) is 0 Å². The van der Waals surface area contributed by atoms with E-state index in [1.807, 2.05) is 12.4 Å². The molecule has 0 aliphatic heterocycles. The van der Waals surface area contributed by atoms with Gasteiger partial charge in [0.2, 0.25) is 0 Å². The zero-order valence-electron chi connectivity index (χ0n) is 14.4. The van der Waals surface area contributed by atoms with E-state index in [0.29, 0.717) is 5.92 Å². The van der Waals surface area contributed by atoms with Gasteiger partial charge in [0.1, 0.15) is 0 Å². The molecule has 120 valence electrons. The molecule has 4 heteroatoms. The van der Waals surface area contributed by atoms with Crippen molar-refractivity contribution in [3.8, 4) is 0 Å². The lowest BCUT2D eigenvalue weighted by molar-refractivity contribution is 0.400. The maximum atomic E-state index is 4.29. The number of pyridine rings is 1. The molecule has 1 aromatic heterocycles. The zero-order valence-corrected chi connectivity index (χ0v) is 14.4. The van der Waals surface area contributed by atoms with Crippen LogP contribution in [0, 0.1) is 5.92 Å². The van der Waals surface area contributed by atoms with E-state index in [0.717, 1.165) is 32.7 Å². The summed E-state index contributed by atoms with van der Waals surface area (Å²) in [5.74, 6) is 0.674. The first-order chi connectivity index (χ1) is 10.0. The van der Waals surface area contributed by atoms with Gasteiger partial charge in [-0.3, -0.25) is 4.98 Å². The Bertz CT molecular complexity index is 390. The van der Waals surface area contributed by atoms with Gasteiger partial charge in [0.15, 0.2) is 0 Å². The lowest BCUT2D eigenvalue weighted by Crippen LogP contribution is -2.29. The summed E-state index contributed by atoms with van der Waals surface area (Å²) in [7, 11) is 4.26. The number of anilines is 1. The molecule has 0 fully saturated rings. The molecule has 1 aromatic rings. The van der Waals surface area contributed by atoms with E-state index in [2.05, 4.69) is 61.0 Å². The monoisotopic (exact) mass is 292 g/mol. The highest BCUT2D eigenvalue weighted by molar-refractivity contribution is 5.52. The van der Waals surface area contributed by atoms with Crippen molar-refractivity contribution >= 4 is 5.69 Å². The molecule has 0 spiro atoms. The maximum Gasteiger partial charge on any atom is 0.0442 e. The second kappa shape index (κ2) is 9.74. The maximum absolute atomic E-state index is 4.29. The van der Waals surface area contributed by atoms with Crippen molar-refractivity contribution in [2.45, 2.75) is 33.7 Å². The van der Waals surface area contributed by atoms with Gasteiger partial charge in [-0.05, 0) is 52.5 Å². The topological polar surface area (TPSA) is 31.4 Å². The highest BCUT2D eigenvalue weighted by atomic mass is 15.1. The number of aromatic nitrogens is 1. The van der Waals surface area contributed by atoms with Crippen LogP contribution in [0.4, 0.5) is 5.69 Å². The van der Waals surface area contributed by atoms with Crippen molar-refractivity contribution in [3.05, 3.63) is 24.0 Å². The summed E-state index contributed by atoms with van der Waals surface area (Å²) in [6, 6.07) is 2.14. The largest absolute Gasteiger partial charge is 0.371 e. The van der Waals surface area contributed by atoms with Gasteiger partial charge < -0.3 is 15.1 Å². The molecule has 0 saturated heterocycles. The van der Waals surface area contributed by atoms with Crippen molar-refractivity contribution < 1.29 is 0 Å². The fourth-order valence-corrected chi connectivity index (χ4v) is 2.39.